The Morgan fingerprint density at radius 2 is 1.62 bits per heavy atom. The summed E-state index contributed by atoms with van der Waals surface area (Å²) >= 11 is 0. The first kappa shape index (κ1) is 17.7. The minimum absolute atomic E-state index is 0.219. The predicted octanol–water partition coefficient (Wildman–Crippen LogP) is 2.91. The van der Waals surface area contributed by atoms with E-state index < -0.39 is 11.9 Å². The highest BCUT2D eigenvalue weighted by atomic mass is 16.2. The van der Waals surface area contributed by atoms with Crippen molar-refractivity contribution in [2.75, 3.05) is 0 Å². The Labute approximate surface area is 143 Å². The number of benzene rings is 2. The summed E-state index contributed by atoms with van der Waals surface area (Å²) in [5, 5.41) is 2.72. The molecule has 24 heavy (non-hydrogen) atoms. The minimum atomic E-state index is -0.803. The molecule has 0 aliphatic carbocycles. The molecule has 0 heterocycles. The molecule has 0 spiro atoms. The maximum Gasteiger partial charge on any atom is 0.244 e. The number of nitrogens with two attached hydrogens (primary N) is 1. The number of carbonyl (C=O) groups excluding carboxylic acids is 2. The van der Waals surface area contributed by atoms with E-state index in [2.05, 4.69) is 24.4 Å². The largest absolute Gasteiger partial charge is 0.368 e. The van der Waals surface area contributed by atoms with Crippen LogP contribution in [0, 0.1) is 0 Å². The number of hydrogen-bond donors (Lipinski definition) is 2. The summed E-state index contributed by atoms with van der Waals surface area (Å²) < 4.78 is 0. The number of primary amides is 1. The van der Waals surface area contributed by atoms with Gasteiger partial charge in [-0.15, -0.1) is 0 Å². The fourth-order valence-electron chi connectivity index (χ4n) is 2.57. The van der Waals surface area contributed by atoms with Crippen LogP contribution in [0.3, 0.4) is 0 Å². The monoisotopic (exact) mass is 324 g/mol. The van der Waals surface area contributed by atoms with E-state index in [0.717, 1.165) is 24.8 Å². The summed E-state index contributed by atoms with van der Waals surface area (Å²) in [7, 11) is 0. The van der Waals surface area contributed by atoms with Gasteiger partial charge >= 0.3 is 0 Å². The van der Waals surface area contributed by atoms with Crippen molar-refractivity contribution in [2.24, 2.45) is 5.73 Å². The summed E-state index contributed by atoms with van der Waals surface area (Å²) in [4.78, 5) is 23.9. The molecule has 0 aliphatic rings. The van der Waals surface area contributed by atoms with Crippen molar-refractivity contribution >= 4 is 11.8 Å². The molecule has 1 atom stereocenters. The average molecular weight is 324 g/mol. The van der Waals surface area contributed by atoms with Gasteiger partial charge in [0.25, 0.3) is 0 Å². The van der Waals surface area contributed by atoms with Gasteiger partial charge in [-0.2, -0.15) is 0 Å². The van der Waals surface area contributed by atoms with Crippen LogP contribution in [0.4, 0.5) is 0 Å². The number of nitrogens with one attached hydrogen (secondary N) is 1. The SMILES string of the molecule is CCCCc1ccc(CC(=O)NC(C(N)=O)c2ccccc2)cc1. The Balaban J connectivity index is 1.97. The molecule has 126 valence electrons. The third kappa shape index (κ3) is 5.23. The van der Waals surface area contributed by atoms with Gasteiger partial charge in [0.2, 0.25) is 11.8 Å². The molecule has 0 saturated heterocycles. The smallest absolute Gasteiger partial charge is 0.244 e. The summed E-state index contributed by atoms with van der Waals surface area (Å²) in [6, 6.07) is 16.3. The van der Waals surface area contributed by atoms with Gasteiger partial charge in [-0.25, -0.2) is 0 Å². The van der Waals surface area contributed by atoms with Crippen LogP contribution < -0.4 is 11.1 Å². The fourth-order valence-corrected chi connectivity index (χ4v) is 2.57. The van der Waals surface area contributed by atoms with Gasteiger partial charge in [0.15, 0.2) is 0 Å². The lowest BCUT2D eigenvalue weighted by Crippen LogP contribution is -2.38. The quantitative estimate of drug-likeness (QED) is 0.783. The van der Waals surface area contributed by atoms with Gasteiger partial charge in [0.05, 0.1) is 6.42 Å². The number of amides is 2. The average Bonchev–Trinajstić information content (AvgIpc) is 2.59. The molecule has 4 nitrogen and oxygen atoms in total. The predicted molar refractivity (Wildman–Crippen MR) is 95.3 cm³/mol. The van der Waals surface area contributed by atoms with E-state index in [-0.39, 0.29) is 12.3 Å². The highest BCUT2D eigenvalue weighted by Crippen LogP contribution is 2.13. The van der Waals surface area contributed by atoms with Crippen LogP contribution in [0.2, 0.25) is 0 Å². The van der Waals surface area contributed by atoms with Gasteiger partial charge in [-0.1, -0.05) is 67.9 Å². The summed E-state index contributed by atoms with van der Waals surface area (Å²) in [6.45, 7) is 2.17. The van der Waals surface area contributed by atoms with E-state index in [9.17, 15) is 9.59 Å². The van der Waals surface area contributed by atoms with Crippen molar-refractivity contribution in [3.05, 3.63) is 71.3 Å². The normalized spacial score (nSPS) is 11.7. The molecule has 3 N–H and O–H groups in total. The second-order valence-electron chi connectivity index (χ2n) is 5.91. The fraction of sp³-hybridized carbons (Fsp3) is 0.300. The number of carbonyl (C=O) groups is 2. The third-order valence-corrected chi connectivity index (χ3v) is 3.93. The van der Waals surface area contributed by atoms with Crippen molar-refractivity contribution in [3.8, 4) is 0 Å². The van der Waals surface area contributed by atoms with Crippen LogP contribution in [0.5, 0.6) is 0 Å². The lowest BCUT2D eigenvalue weighted by molar-refractivity contribution is -0.127. The zero-order chi connectivity index (χ0) is 17.4. The van der Waals surface area contributed by atoms with E-state index in [0.29, 0.717) is 5.56 Å². The Morgan fingerprint density at radius 1 is 1.00 bits per heavy atom. The summed E-state index contributed by atoms with van der Waals surface area (Å²) in [5.41, 5.74) is 8.31. The van der Waals surface area contributed by atoms with E-state index in [1.54, 1.807) is 12.1 Å². The van der Waals surface area contributed by atoms with Crippen LogP contribution in [-0.4, -0.2) is 11.8 Å². The minimum Gasteiger partial charge on any atom is -0.368 e. The highest BCUT2D eigenvalue weighted by molar-refractivity contribution is 5.88. The topological polar surface area (TPSA) is 72.2 Å². The molecule has 0 saturated carbocycles. The molecule has 0 fully saturated rings. The van der Waals surface area contributed by atoms with Gasteiger partial charge in [0.1, 0.15) is 6.04 Å². The Morgan fingerprint density at radius 3 is 2.21 bits per heavy atom. The van der Waals surface area contributed by atoms with Gasteiger partial charge in [-0.05, 0) is 29.5 Å². The highest BCUT2D eigenvalue weighted by Gasteiger charge is 2.19. The number of hydrogen-bond acceptors (Lipinski definition) is 2. The van der Waals surface area contributed by atoms with Crippen molar-refractivity contribution in [1.82, 2.24) is 5.32 Å². The van der Waals surface area contributed by atoms with Crippen molar-refractivity contribution < 1.29 is 9.59 Å². The van der Waals surface area contributed by atoms with Crippen LogP contribution in [0.25, 0.3) is 0 Å². The number of aryl methyl sites for hydroxylation is 1. The van der Waals surface area contributed by atoms with Gasteiger partial charge < -0.3 is 11.1 Å². The maximum atomic E-state index is 12.2. The van der Waals surface area contributed by atoms with Gasteiger partial charge in [-0.3, -0.25) is 9.59 Å². The van der Waals surface area contributed by atoms with E-state index in [1.807, 2.05) is 30.3 Å². The molecule has 0 aliphatic heterocycles. The van der Waals surface area contributed by atoms with Crippen LogP contribution in [0.1, 0.15) is 42.5 Å². The van der Waals surface area contributed by atoms with Gasteiger partial charge in [0, 0.05) is 0 Å². The van der Waals surface area contributed by atoms with E-state index >= 15 is 0 Å². The molecule has 4 heteroatoms. The molecular formula is C20H24N2O2. The zero-order valence-electron chi connectivity index (χ0n) is 14.0. The molecule has 2 amide bonds. The third-order valence-electron chi connectivity index (χ3n) is 3.93. The summed E-state index contributed by atoms with van der Waals surface area (Å²) in [5.74, 6) is -0.784. The van der Waals surface area contributed by atoms with Crippen LogP contribution >= 0.6 is 0 Å². The number of rotatable bonds is 8. The molecule has 2 aromatic carbocycles. The first-order chi connectivity index (χ1) is 11.6. The maximum absolute atomic E-state index is 12.2. The second kappa shape index (κ2) is 8.87. The molecule has 0 aromatic heterocycles. The molecule has 0 bridgehead atoms. The van der Waals surface area contributed by atoms with Crippen molar-refractivity contribution in [3.63, 3.8) is 0 Å². The standard InChI is InChI=1S/C20H24N2O2/c1-2-3-7-15-10-12-16(13-11-15)14-18(23)22-19(20(21)24)17-8-5-4-6-9-17/h4-6,8-13,19H,2-3,7,14H2,1H3,(H2,21,24)(H,22,23). The molecule has 0 radical (unpaired) electrons. The lowest BCUT2D eigenvalue weighted by atomic mass is 10.0. The molecule has 2 rings (SSSR count). The van der Waals surface area contributed by atoms with Crippen LogP contribution in [-0.2, 0) is 22.4 Å². The molecule has 2 aromatic rings. The Bertz CT molecular complexity index is 666. The zero-order valence-corrected chi connectivity index (χ0v) is 14.0. The number of unbranched alkanes of at least 4 members (excludes halogenated alkanes) is 1. The van der Waals surface area contributed by atoms with Crippen molar-refractivity contribution in [2.45, 2.75) is 38.6 Å². The van der Waals surface area contributed by atoms with E-state index in [4.69, 9.17) is 5.73 Å². The molecular weight excluding hydrogens is 300 g/mol. The first-order valence-electron chi connectivity index (χ1n) is 8.31. The first-order valence-corrected chi connectivity index (χ1v) is 8.31. The Hall–Kier alpha value is -2.62. The summed E-state index contributed by atoms with van der Waals surface area (Å²) in [6.07, 6.45) is 3.61. The van der Waals surface area contributed by atoms with E-state index in [1.165, 1.54) is 5.56 Å². The van der Waals surface area contributed by atoms with Crippen LogP contribution in [0.15, 0.2) is 54.6 Å². The second-order valence-corrected chi connectivity index (χ2v) is 5.91. The van der Waals surface area contributed by atoms with Crippen molar-refractivity contribution in [1.29, 1.82) is 0 Å². The Kier molecular flexibility index (Phi) is 6.55. The molecule has 1 unspecified atom stereocenters. The lowest BCUT2D eigenvalue weighted by Gasteiger charge is -2.16.